The Morgan fingerprint density at radius 1 is 1.00 bits per heavy atom. The number of fused-ring (bicyclic) bond motifs is 2. The number of aliphatic hydroxyl groups excluding tert-OH is 2. The van der Waals surface area contributed by atoms with Crippen molar-refractivity contribution < 1.29 is 80.5 Å². The average Bonchev–Trinajstić information content (AvgIpc) is 3.92. The summed E-state index contributed by atoms with van der Waals surface area (Å²) in [6.07, 6.45) is -4.35. The first-order valence-corrected chi connectivity index (χ1v) is 24.9. The minimum Gasteiger partial charge on any atom is -0.386 e. The smallest absolute Gasteiger partial charge is 0.386 e. The summed E-state index contributed by atoms with van der Waals surface area (Å²) < 4.78 is 62.4. The first kappa shape index (κ1) is 51.1. The minimum atomic E-state index is -5.58. The van der Waals surface area contributed by atoms with Crippen LogP contribution in [0.3, 0.4) is 0 Å². The number of ether oxygens (including phenoxy) is 1. The fraction of sp³-hybridized carbons (Fsp3) is 0.529. The van der Waals surface area contributed by atoms with Crippen molar-refractivity contribution >= 4 is 80.8 Å². The number of nitrogens with one attached hydrogen (secondary N) is 4. The van der Waals surface area contributed by atoms with Crippen molar-refractivity contribution in [3.05, 3.63) is 48.7 Å². The molecule has 26 nitrogen and oxygen atoms in total. The predicted molar refractivity (Wildman–Crippen MR) is 227 cm³/mol. The zero-order valence-electron chi connectivity index (χ0n) is 34.5. The van der Waals surface area contributed by atoms with Crippen molar-refractivity contribution in [3.8, 4) is 0 Å². The van der Waals surface area contributed by atoms with Crippen LogP contribution in [-0.2, 0) is 57.1 Å². The van der Waals surface area contributed by atoms with E-state index < -0.39 is 84.6 Å². The fourth-order valence-electron chi connectivity index (χ4n) is 6.24. The summed E-state index contributed by atoms with van der Waals surface area (Å²) in [4.78, 5) is 91.9. The number of anilines is 1. The number of H-pyrrole nitrogens is 1. The van der Waals surface area contributed by atoms with Gasteiger partial charge in [-0.15, -0.1) is 11.8 Å². The Hall–Kier alpha value is -3.88. The maximum absolute atomic E-state index is 12.7. The van der Waals surface area contributed by atoms with E-state index in [4.69, 9.17) is 19.5 Å². The highest BCUT2D eigenvalue weighted by atomic mass is 32.2. The van der Waals surface area contributed by atoms with Gasteiger partial charge in [0, 0.05) is 54.3 Å². The van der Waals surface area contributed by atoms with Crippen molar-refractivity contribution in [2.75, 3.05) is 44.3 Å². The van der Waals surface area contributed by atoms with Crippen LogP contribution in [0.25, 0.3) is 22.1 Å². The van der Waals surface area contributed by atoms with Crippen LogP contribution < -0.4 is 21.7 Å². The fourth-order valence-corrected chi connectivity index (χ4v) is 9.88. The molecule has 1 fully saturated rings. The Morgan fingerprint density at radius 2 is 1.70 bits per heavy atom. The van der Waals surface area contributed by atoms with Gasteiger partial charge >= 0.3 is 23.5 Å². The van der Waals surface area contributed by atoms with Crippen molar-refractivity contribution in [2.24, 2.45) is 5.41 Å². The highest BCUT2D eigenvalue weighted by Gasteiger charge is 2.50. The van der Waals surface area contributed by atoms with E-state index >= 15 is 0 Å². The molecule has 12 N–H and O–H groups in total. The van der Waals surface area contributed by atoms with Gasteiger partial charge in [0.25, 0.3) is 0 Å². The molecule has 1 saturated heterocycles. The summed E-state index contributed by atoms with van der Waals surface area (Å²) in [5, 5.41) is 30.3. The third kappa shape index (κ3) is 14.1. The Labute approximate surface area is 368 Å². The number of benzene rings is 1. The number of hydrogen-bond donors (Lipinski definition) is 11. The quantitative estimate of drug-likeness (QED) is 0.0334. The first-order chi connectivity index (χ1) is 30.0. The van der Waals surface area contributed by atoms with Gasteiger partial charge in [-0.2, -0.15) is 4.31 Å². The number of nitrogen functional groups attached to an aromatic ring is 1. The lowest BCUT2D eigenvalue weighted by Crippen LogP contribution is -2.46. The number of carbonyl (C=O) groups is 3. The van der Waals surface area contributed by atoms with E-state index in [1.54, 1.807) is 6.92 Å². The van der Waals surface area contributed by atoms with E-state index in [9.17, 15) is 57.9 Å². The van der Waals surface area contributed by atoms with E-state index in [0.29, 0.717) is 18.7 Å². The molecule has 3 amide bonds. The van der Waals surface area contributed by atoms with Crippen LogP contribution in [0, 0.1) is 5.41 Å². The third-order valence-electron chi connectivity index (χ3n) is 9.61. The van der Waals surface area contributed by atoms with Gasteiger partial charge in [0.1, 0.15) is 36.3 Å². The van der Waals surface area contributed by atoms with E-state index in [2.05, 4.69) is 44.7 Å². The van der Waals surface area contributed by atoms with Gasteiger partial charge < -0.3 is 61.2 Å². The predicted octanol–water partition coefficient (Wildman–Crippen LogP) is 0.367. The number of phosphoric ester groups is 3. The lowest BCUT2D eigenvalue weighted by molar-refractivity contribution is -0.137. The largest absolute Gasteiger partial charge is 0.481 e. The first-order valence-electron chi connectivity index (χ1n) is 19.3. The molecule has 64 heavy (non-hydrogen) atoms. The van der Waals surface area contributed by atoms with Gasteiger partial charge in [0.15, 0.2) is 17.7 Å². The summed E-state index contributed by atoms with van der Waals surface area (Å²) in [6, 6.07) is 7.89. The number of thioether (sulfide) groups is 1. The number of aliphatic hydroxyl groups is 2. The molecule has 354 valence electrons. The number of para-hydroxylation sites is 1. The maximum atomic E-state index is 12.7. The molecule has 0 spiro atoms. The van der Waals surface area contributed by atoms with Crippen LogP contribution in [-0.4, -0.2) is 140 Å². The van der Waals surface area contributed by atoms with Gasteiger partial charge in [0.05, 0.1) is 24.8 Å². The van der Waals surface area contributed by atoms with Crippen molar-refractivity contribution in [2.45, 2.75) is 69.5 Å². The van der Waals surface area contributed by atoms with Gasteiger partial charge in [-0.05, 0) is 25.0 Å². The molecule has 3 aromatic heterocycles. The number of aromatic amines is 1. The topological polar surface area (TPSA) is 391 Å². The number of hydrogen-bond acceptors (Lipinski definition) is 18. The summed E-state index contributed by atoms with van der Waals surface area (Å²) in [5.41, 5.74) is 6.39. The maximum Gasteiger partial charge on any atom is 0.481 e. The van der Waals surface area contributed by atoms with Gasteiger partial charge in [0.2, 0.25) is 17.7 Å². The molecule has 8 unspecified atom stereocenters. The highest BCUT2D eigenvalue weighted by Crippen LogP contribution is 2.61. The molecule has 1 aliphatic rings. The monoisotopic (exact) mass is 981 g/mol. The lowest BCUT2D eigenvalue weighted by Gasteiger charge is -2.30. The molecule has 1 aliphatic heterocycles. The van der Waals surface area contributed by atoms with Crippen LogP contribution in [0.4, 0.5) is 5.82 Å². The van der Waals surface area contributed by atoms with Gasteiger partial charge in [-0.3, -0.25) is 32.5 Å². The van der Waals surface area contributed by atoms with Crippen LogP contribution in [0.5, 0.6) is 0 Å². The molecule has 30 heteroatoms. The summed E-state index contributed by atoms with van der Waals surface area (Å²) in [7, 11) is -16.4. The molecular weight excluding hydrogens is 931 g/mol. The number of aromatic nitrogens is 5. The van der Waals surface area contributed by atoms with Gasteiger partial charge in [-0.1, -0.05) is 32.0 Å². The van der Waals surface area contributed by atoms with Crippen LogP contribution in [0.15, 0.2) is 43.1 Å². The molecule has 4 heterocycles. The number of rotatable bonds is 24. The Bertz CT molecular complexity index is 2420. The molecule has 5 rings (SSSR count). The minimum absolute atomic E-state index is 0.0289. The molecule has 1 aromatic carbocycles. The zero-order chi connectivity index (χ0) is 47.0. The standard InChI is InChI=1S/C34H50N9O17P3S/c1-19(31(47)37-10-8-20-14-39-22-7-5-4-6-21(20)22)64-13-12-36-24(44)9-11-38-32(48)28(46)34(2,3)16-57-63(54,55)60-62(52,53)56-15-23-27(59-61(49,50)51)26(45)33(58-23)43-18-42-25-29(35)40-17-41-30(25)43/h4-7,14,17-19,23,26-28,33,39,45-46H,8-13,15-16H2,1-3H3,(H,36,44)(H,37,47)(H,38,48)(H,52,53)(H,54,55)(H2,35,40,41)(H2,49,50,51). The van der Waals surface area contributed by atoms with Crippen molar-refractivity contribution in [3.63, 3.8) is 0 Å². The molecule has 0 radical (unpaired) electrons. The molecule has 8 atom stereocenters. The second-order valence-corrected chi connectivity index (χ2v) is 20.7. The number of phosphoric acid groups is 3. The van der Waals surface area contributed by atoms with Crippen molar-refractivity contribution in [1.82, 2.24) is 40.5 Å². The average molecular weight is 982 g/mol. The molecule has 0 saturated carbocycles. The van der Waals surface area contributed by atoms with Crippen LogP contribution in [0.1, 0.15) is 39.0 Å². The van der Waals surface area contributed by atoms with Crippen LogP contribution >= 0.6 is 35.2 Å². The number of carbonyl (C=O) groups excluding carboxylic acids is 3. The second kappa shape index (κ2) is 21.6. The number of amides is 3. The lowest BCUT2D eigenvalue weighted by atomic mass is 9.87. The Balaban J connectivity index is 0.997. The summed E-state index contributed by atoms with van der Waals surface area (Å²) in [5.74, 6) is -1.14. The van der Waals surface area contributed by atoms with Crippen LogP contribution in [0.2, 0.25) is 0 Å². The SMILES string of the molecule is CC(SCCNC(=O)CCNC(=O)C(O)C(C)(C)COP(=O)(O)OP(=O)(O)OCC1OC(n2cnc3c(N)ncnc32)C(O)C1OP(=O)(O)O)C(=O)NCCc1c[nH]c2ccccc12. The van der Waals surface area contributed by atoms with E-state index in [1.807, 2.05) is 30.5 Å². The Morgan fingerprint density at radius 3 is 2.44 bits per heavy atom. The van der Waals surface area contributed by atoms with E-state index in [0.717, 1.165) is 33.7 Å². The number of imidazole rings is 1. The van der Waals surface area contributed by atoms with E-state index in [1.165, 1.54) is 25.6 Å². The molecule has 4 aromatic rings. The second-order valence-electron chi connectivity index (χ2n) is 15.0. The molecule has 0 bridgehead atoms. The zero-order valence-corrected chi connectivity index (χ0v) is 38.0. The summed E-state index contributed by atoms with van der Waals surface area (Å²) >= 11 is 1.35. The Kier molecular flexibility index (Phi) is 17.3. The van der Waals surface area contributed by atoms with Crippen molar-refractivity contribution in [1.29, 1.82) is 0 Å². The number of nitrogens with two attached hydrogens (primary N) is 1. The van der Waals surface area contributed by atoms with E-state index in [-0.39, 0.29) is 47.6 Å². The van der Waals surface area contributed by atoms with Gasteiger partial charge in [-0.25, -0.2) is 28.6 Å². The summed E-state index contributed by atoms with van der Waals surface area (Å²) in [6.45, 7) is 2.76. The number of nitrogens with zero attached hydrogens (tertiary/aromatic N) is 4. The molecular formula is C34H50N9O17P3S. The highest BCUT2D eigenvalue weighted by molar-refractivity contribution is 8.00. The third-order valence-corrected chi connectivity index (χ3v) is 13.9. The normalized spacial score (nSPS) is 21.0. The molecule has 0 aliphatic carbocycles.